The number of halogens is 20. The summed E-state index contributed by atoms with van der Waals surface area (Å²) in [6.07, 6.45) is -32.8. The van der Waals surface area contributed by atoms with Crippen molar-refractivity contribution in [1.29, 1.82) is 0 Å². The zero-order valence-electron chi connectivity index (χ0n) is 14.6. The van der Waals surface area contributed by atoms with E-state index in [1.165, 1.54) is 0 Å². The second-order valence-electron chi connectivity index (χ2n) is 6.63. The molecule has 0 saturated carbocycles. The normalized spacial score (nSPS) is 24.7. The number of hydrogen-bond acceptors (Lipinski definition) is 0. The molecule has 1 aliphatic rings. The van der Waals surface area contributed by atoms with Crippen molar-refractivity contribution < 1.29 is 87.8 Å². The number of benzene rings is 1. The molecule has 196 valence electrons. The van der Waals surface area contributed by atoms with Gasteiger partial charge in [0.25, 0.3) is 0 Å². The summed E-state index contributed by atoms with van der Waals surface area (Å²) < 4.78 is 269. The predicted molar refractivity (Wildman–Crippen MR) is 63.7 cm³/mol. The fourth-order valence-corrected chi connectivity index (χ4v) is 3.48. The van der Waals surface area contributed by atoms with Crippen LogP contribution in [0.5, 0.6) is 0 Å². The lowest BCUT2D eigenvalue weighted by Gasteiger charge is -2.59. The molecule has 0 spiro atoms. The zero-order valence-corrected chi connectivity index (χ0v) is 14.6. The highest BCUT2D eigenvalue weighted by atomic mass is 19.4. The van der Waals surface area contributed by atoms with E-state index in [1.54, 1.807) is 0 Å². The fourth-order valence-electron chi connectivity index (χ4n) is 3.48. The van der Waals surface area contributed by atoms with E-state index in [1.807, 2.05) is 0 Å². The Morgan fingerprint density at radius 3 is 0.676 bits per heavy atom. The number of hydrogen-bond donors (Lipinski definition) is 0. The van der Waals surface area contributed by atoms with Gasteiger partial charge >= 0.3 is 36.0 Å². The monoisotopic (exact) mass is 548 g/mol. The maximum Gasteiger partial charge on any atom is 0.435 e. The summed E-state index contributed by atoms with van der Waals surface area (Å²) in [6.45, 7) is 0. The van der Waals surface area contributed by atoms with Crippen LogP contribution >= 0.6 is 0 Å². The van der Waals surface area contributed by atoms with Gasteiger partial charge in [-0.3, -0.25) is 0 Å². The van der Waals surface area contributed by atoms with Crippen molar-refractivity contribution in [1.82, 2.24) is 0 Å². The van der Waals surface area contributed by atoms with Crippen LogP contribution in [-0.4, -0.2) is 36.0 Å². The molecule has 34 heavy (non-hydrogen) atoms. The lowest BCUT2D eigenvalue weighted by molar-refractivity contribution is -0.451. The van der Waals surface area contributed by atoms with E-state index in [-0.39, 0.29) is 0 Å². The molecule has 2 unspecified atom stereocenters. The van der Waals surface area contributed by atoms with Gasteiger partial charge in [-0.2, -0.15) is 52.7 Å². The van der Waals surface area contributed by atoms with Crippen molar-refractivity contribution in [2.45, 2.75) is 47.4 Å². The van der Waals surface area contributed by atoms with Crippen LogP contribution in [0.15, 0.2) is 0 Å². The van der Waals surface area contributed by atoms with Crippen molar-refractivity contribution in [2.24, 2.45) is 0 Å². The molecular formula is C14F20. The Balaban J connectivity index is 3.38. The van der Waals surface area contributed by atoms with Gasteiger partial charge in [0, 0.05) is 11.1 Å². The van der Waals surface area contributed by atoms with Gasteiger partial charge in [-0.15, -0.1) is 0 Å². The zero-order chi connectivity index (χ0) is 27.5. The van der Waals surface area contributed by atoms with Gasteiger partial charge in [0.2, 0.25) is 11.3 Å². The smallest absolute Gasteiger partial charge is 0.230 e. The minimum Gasteiger partial charge on any atom is -0.230 e. The summed E-state index contributed by atoms with van der Waals surface area (Å²) in [4.78, 5) is 0. The maximum absolute atomic E-state index is 15.2. The van der Waals surface area contributed by atoms with Crippen LogP contribution in [0, 0.1) is 23.3 Å². The molecule has 0 saturated heterocycles. The van der Waals surface area contributed by atoms with Gasteiger partial charge in [0.05, 0.1) is 0 Å². The highest BCUT2D eigenvalue weighted by Crippen LogP contribution is 2.78. The molecule has 1 aromatic carbocycles. The number of fused-ring (bicyclic) bond motifs is 1. The second kappa shape index (κ2) is 6.73. The second-order valence-corrected chi connectivity index (χ2v) is 6.63. The molecule has 0 aliphatic heterocycles. The lowest BCUT2D eigenvalue weighted by Crippen LogP contribution is -2.83. The molecule has 0 N–H and O–H groups in total. The van der Waals surface area contributed by atoms with Crippen molar-refractivity contribution >= 4 is 0 Å². The molecule has 0 bridgehead atoms. The van der Waals surface area contributed by atoms with Crippen LogP contribution < -0.4 is 0 Å². The number of rotatable bonds is 2. The van der Waals surface area contributed by atoms with E-state index >= 15 is 8.78 Å². The molecule has 2 atom stereocenters. The summed E-state index contributed by atoms with van der Waals surface area (Å²) in [7, 11) is 0. The van der Waals surface area contributed by atoms with E-state index in [0.717, 1.165) is 0 Å². The van der Waals surface area contributed by atoms with Crippen LogP contribution in [0.4, 0.5) is 87.8 Å². The molecule has 0 amide bonds. The molecule has 0 nitrogen and oxygen atoms in total. The van der Waals surface area contributed by atoms with Crippen LogP contribution in [-0.2, 0) is 11.3 Å². The van der Waals surface area contributed by atoms with E-state index in [4.69, 9.17) is 0 Å². The van der Waals surface area contributed by atoms with E-state index in [9.17, 15) is 79.0 Å². The van der Waals surface area contributed by atoms with E-state index in [0.29, 0.717) is 0 Å². The van der Waals surface area contributed by atoms with Gasteiger partial charge < -0.3 is 0 Å². The predicted octanol–water partition coefficient (Wildman–Crippen LogP) is 7.25. The highest BCUT2D eigenvalue weighted by molar-refractivity contribution is 5.59. The van der Waals surface area contributed by atoms with Crippen LogP contribution in [0.2, 0.25) is 0 Å². The standard InChI is InChI=1S/C14F20/c15-3-1-2(4(16)6(18)5(3)17)8(20,10(22,13(29,30)31)14(32,33)34)7(1,19)9(21,11(23,24)25)12(26,27)28. The highest BCUT2D eigenvalue weighted by Gasteiger charge is 3.01. The van der Waals surface area contributed by atoms with Crippen molar-refractivity contribution in [3.05, 3.63) is 34.4 Å². The minimum absolute atomic E-state index is 3.71. The maximum atomic E-state index is 15.2. The quantitative estimate of drug-likeness (QED) is 0.208. The number of alkyl halides is 16. The Morgan fingerprint density at radius 1 is 0.353 bits per heavy atom. The molecule has 0 fully saturated rings. The minimum atomic E-state index is -8.43. The summed E-state index contributed by atoms with van der Waals surface area (Å²) in [5, 5.41) is 0. The van der Waals surface area contributed by atoms with E-state index < -0.39 is 81.8 Å². The van der Waals surface area contributed by atoms with Crippen molar-refractivity contribution in [3.8, 4) is 0 Å². The molecule has 1 aliphatic carbocycles. The first kappa shape index (κ1) is 28.1. The van der Waals surface area contributed by atoms with Gasteiger partial charge in [-0.05, 0) is 0 Å². The topological polar surface area (TPSA) is 0 Å². The molecular weight excluding hydrogens is 548 g/mol. The average molecular weight is 548 g/mol. The van der Waals surface area contributed by atoms with Crippen molar-refractivity contribution in [3.63, 3.8) is 0 Å². The lowest BCUT2D eigenvalue weighted by atomic mass is 9.50. The van der Waals surface area contributed by atoms with Crippen molar-refractivity contribution in [2.75, 3.05) is 0 Å². The average Bonchev–Trinajstić information content (AvgIpc) is 2.62. The largest absolute Gasteiger partial charge is 0.435 e. The van der Waals surface area contributed by atoms with Crippen LogP contribution in [0.25, 0.3) is 0 Å². The first-order valence-electron chi connectivity index (χ1n) is 7.53. The van der Waals surface area contributed by atoms with Gasteiger partial charge in [0.1, 0.15) is 0 Å². The Labute approximate surface area is 171 Å². The molecule has 0 radical (unpaired) electrons. The Bertz CT molecular complexity index is 898. The molecule has 0 heterocycles. The Hall–Kier alpha value is -2.18. The van der Waals surface area contributed by atoms with E-state index in [2.05, 4.69) is 0 Å². The van der Waals surface area contributed by atoms with Gasteiger partial charge in [-0.1, -0.05) is 0 Å². The molecule has 20 heteroatoms. The summed E-state index contributed by atoms with van der Waals surface area (Å²) in [6, 6.07) is 0. The summed E-state index contributed by atoms with van der Waals surface area (Å²) in [5.41, 5.74) is -40.9. The fraction of sp³-hybridized carbons (Fsp3) is 0.571. The first-order chi connectivity index (χ1) is 14.6. The first-order valence-corrected chi connectivity index (χ1v) is 7.53. The summed E-state index contributed by atoms with van der Waals surface area (Å²) in [5.74, 6) is -15.4. The molecule has 0 aromatic heterocycles. The van der Waals surface area contributed by atoms with Gasteiger partial charge in [-0.25, -0.2) is 35.1 Å². The Morgan fingerprint density at radius 2 is 0.529 bits per heavy atom. The third kappa shape index (κ3) is 2.64. The van der Waals surface area contributed by atoms with Gasteiger partial charge in [0.15, 0.2) is 23.3 Å². The third-order valence-electron chi connectivity index (χ3n) is 4.94. The van der Waals surface area contributed by atoms with Crippen LogP contribution in [0.3, 0.4) is 0 Å². The summed E-state index contributed by atoms with van der Waals surface area (Å²) >= 11 is 0. The van der Waals surface area contributed by atoms with Crippen LogP contribution in [0.1, 0.15) is 11.1 Å². The Kier molecular flexibility index (Phi) is 5.55. The molecule has 2 rings (SSSR count). The third-order valence-corrected chi connectivity index (χ3v) is 4.94. The SMILES string of the molecule is Fc1c(F)c(F)c2c(c1F)C(F)(C(F)(C(F)(F)F)C(F)(F)F)C2(F)C(F)(C(F)(F)F)C(F)(F)F. The molecule has 1 aromatic rings.